The highest BCUT2D eigenvalue weighted by Gasteiger charge is 2.07. The third-order valence-corrected chi connectivity index (χ3v) is 3.96. The lowest BCUT2D eigenvalue weighted by atomic mass is 10.0. The summed E-state index contributed by atoms with van der Waals surface area (Å²) >= 11 is 0. The van der Waals surface area contributed by atoms with Gasteiger partial charge < -0.3 is 0 Å². The van der Waals surface area contributed by atoms with Gasteiger partial charge in [-0.05, 0) is 51.0 Å². The summed E-state index contributed by atoms with van der Waals surface area (Å²) in [5, 5.41) is 4.97. The van der Waals surface area contributed by atoms with E-state index >= 15 is 0 Å². The first-order valence-corrected chi connectivity index (χ1v) is 7.58. The zero-order valence-corrected chi connectivity index (χ0v) is 13.8. The second-order valence-corrected chi connectivity index (χ2v) is 5.85. The maximum Gasteiger partial charge on any atom is 0.282 e. The summed E-state index contributed by atoms with van der Waals surface area (Å²) < 4.78 is 1.36. The van der Waals surface area contributed by atoms with E-state index in [0.717, 1.165) is 16.7 Å². The van der Waals surface area contributed by atoms with Gasteiger partial charge in [-0.25, -0.2) is 4.98 Å². The van der Waals surface area contributed by atoms with Gasteiger partial charge in [0.05, 0.1) is 17.1 Å². The van der Waals surface area contributed by atoms with Gasteiger partial charge in [-0.3, -0.25) is 4.79 Å². The van der Waals surface area contributed by atoms with E-state index in [1.807, 2.05) is 18.2 Å². The van der Waals surface area contributed by atoms with Gasteiger partial charge in [0.2, 0.25) is 0 Å². The molecule has 0 unspecified atom stereocenters. The Morgan fingerprint density at radius 2 is 1.70 bits per heavy atom. The molecule has 4 heteroatoms. The zero-order valence-electron chi connectivity index (χ0n) is 13.8. The third-order valence-electron chi connectivity index (χ3n) is 3.96. The maximum atomic E-state index is 12.6. The molecule has 0 aliphatic heterocycles. The van der Waals surface area contributed by atoms with Crippen LogP contribution in [0.4, 0.5) is 0 Å². The van der Waals surface area contributed by atoms with E-state index in [1.54, 1.807) is 19.2 Å². The molecular weight excluding hydrogens is 286 g/mol. The van der Waals surface area contributed by atoms with Crippen LogP contribution in [0, 0.1) is 27.7 Å². The van der Waals surface area contributed by atoms with Crippen molar-refractivity contribution in [3.05, 3.63) is 74.8 Å². The summed E-state index contributed by atoms with van der Waals surface area (Å²) in [6.45, 7) is 7.97. The van der Waals surface area contributed by atoms with Crippen molar-refractivity contribution in [3.63, 3.8) is 0 Å². The molecule has 0 amide bonds. The molecule has 0 atom stereocenters. The van der Waals surface area contributed by atoms with Gasteiger partial charge in [0.25, 0.3) is 5.56 Å². The van der Waals surface area contributed by atoms with Gasteiger partial charge in [0.15, 0.2) is 0 Å². The molecule has 1 aromatic heterocycles. The Balaban J connectivity index is 2.14. The largest absolute Gasteiger partial charge is 0.282 e. The Labute approximate surface area is 135 Å². The predicted molar refractivity (Wildman–Crippen MR) is 94.4 cm³/mol. The molecule has 0 spiro atoms. The highest BCUT2D eigenvalue weighted by molar-refractivity contribution is 5.84. The number of para-hydroxylation sites is 1. The van der Waals surface area contributed by atoms with E-state index in [2.05, 4.69) is 43.0 Å². The van der Waals surface area contributed by atoms with Crippen LogP contribution in [-0.2, 0) is 0 Å². The van der Waals surface area contributed by atoms with Crippen LogP contribution in [0.15, 0.2) is 46.3 Å². The molecular formula is C19H19N3O. The van der Waals surface area contributed by atoms with Crippen LogP contribution in [0.25, 0.3) is 10.9 Å². The van der Waals surface area contributed by atoms with Gasteiger partial charge in [-0.1, -0.05) is 29.8 Å². The quantitative estimate of drug-likeness (QED) is 0.680. The number of nitrogens with zero attached hydrogens (tertiary/aromatic N) is 3. The number of hydrogen-bond acceptors (Lipinski definition) is 3. The highest BCUT2D eigenvalue weighted by Crippen LogP contribution is 2.14. The molecule has 0 saturated heterocycles. The predicted octanol–water partition coefficient (Wildman–Crippen LogP) is 3.51. The van der Waals surface area contributed by atoms with Gasteiger partial charge >= 0.3 is 0 Å². The van der Waals surface area contributed by atoms with Crippen molar-refractivity contribution in [1.29, 1.82) is 0 Å². The molecule has 0 saturated carbocycles. The molecule has 0 bridgehead atoms. The molecule has 0 fully saturated rings. The average molecular weight is 305 g/mol. The van der Waals surface area contributed by atoms with Crippen molar-refractivity contribution in [2.24, 2.45) is 5.10 Å². The molecule has 1 heterocycles. The monoisotopic (exact) mass is 305 g/mol. The van der Waals surface area contributed by atoms with Crippen molar-refractivity contribution in [3.8, 4) is 0 Å². The van der Waals surface area contributed by atoms with Crippen molar-refractivity contribution < 1.29 is 0 Å². The second-order valence-electron chi connectivity index (χ2n) is 5.85. The van der Waals surface area contributed by atoms with Crippen LogP contribution in [0.1, 0.15) is 28.1 Å². The molecule has 4 nitrogen and oxygen atoms in total. The van der Waals surface area contributed by atoms with E-state index in [4.69, 9.17) is 0 Å². The fraction of sp³-hybridized carbons (Fsp3) is 0.211. The minimum Gasteiger partial charge on any atom is -0.267 e. The molecule has 116 valence electrons. The number of rotatable bonds is 2. The standard InChI is InChI=1S/C19H19N3O/c1-12-9-13(2)17(14(3)10-12)11-20-22-15(4)21-18-8-6-5-7-16(18)19(22)23/h5-11H,1-4H3/b20-11-. The van der Waals surface area contributed by atoms with Crippen LogP contribution in [-0.4, -0.2) is 15.9 Å². The van der Waals surface area contributed by atoms with E-state index < -0.39 is 0 Å². The zero-order chi connectivity index (χ0) is 16.6. The lowest BCUT2D eigenvalue weighted by Gasteiger charge is -2.08. The minimum atomic E-state index is -0.147. The van der Waals surface area contributed by atoms with Crippen molar-refractivity contribution in [2.75, 3.05) is 0 Å². The Hall–Kier alpha value is -2.75. The molecule has 2 aromatic carbocycles. The van der Waals surface area contributed by atoms with E-state index in [1.165, 1.54) is 10.2 Å². The average Bonchev–Trinajstić information content (AvgIpc) is 2.49. The molecule has 23 heavy (non-hydrogen) atoms. The van der Waals surface area contributed by atoms with E-state index in [9.17, 15) is 4.79 Å². The molecule has 0 aliphatic carbocycles. The molecule has 3 aromatic rings. The first kappa shape index (κ1) is 15.2. The Morgan fingerprint density at radius 3 is 2.39 bits per heavy atom. The first-order chi connectivity index (χ1) is 11.0. The lowest BCUT2D eigenvalue weighted by Crippen LogP contribution is -2.20. The third kappa shape index (κ3) is 2.80. The normalized spacial score (nSPS) is 11.5. The van der Waals surface area contributed by atoms with Crippen molar-refractivity contribution in [2.45, 2.75) is 27.7 Å². The van der Waals surface area contributed by atoms with Crippen LogP contribution < -0.4 is 5.56 Å². The van der Waals surface area contributed by atoms with Crippen LogP contribution >= 0.6 is 0 Å². The number of aryl methyl sites for hydroxylation is 4. The second kappa shape index (κ2) is 5.80. The van der Waals surface area contributed by atoms with Gasteiger partial charge in [0.1, 0.15) is 5.82 Å². The molecule has 0 N–H and O–H groups in total. The van der Waals surface area contributed by atoms with Crippen molar-refractivity contribution in [1.82, 2.24) is 9.66 Å². The summed E-state index contributed by atoms with van der Waals surface area (Å²) in [7, 11) is 0. The van der Waals surface area contributed by atoms with Crippen LogP contribution in [0.5, 0.6) is 0 Å². The molecule has 3 rings (SSSR count). The van der Waals surface area contributed by atoms with Gasteiger partial charge in [0, 0.05) is 5.56 Å². The number of fused-ring (bicyclic) bond motifs is 1. The summed E-state index contributed by atoms with van der Waals surface area (Å²) in [5.74, 6) is 0.576. The highest BCUT2D eigenvalue weighted by atomic mass is 16.1. The van der Waals surface area contributed by atoms with Crippen molar-refractivity contribution >= 4 is 17.1 Å². The Morgan fingerprint density at radius 1 is 1.04 bits per heavy atom. The minimum absolute atomic E-state index is 0.147. The number of benzene rings is 2. The smallest absolute Gasteiger partial charge is 0.267 e. The SMILES string of the molecule is Cc1cc(C)c(/C=N\n2c(C)nc3ccccc3c2=O)c(C)c1. The summed E-state index contributed by atoms with van der Waals surface area (Å²) in [6, 6.07) is 11.6. The summed E-state index contributed by atoms with van der Waals surface area (Å²) in [4.78, 5) is 17.1. The van der Waals surface area contributed by atoms with Gasteiger partial charge in [-0.15, -0.1) is 0 Å². The fourth-order valence-corrected chi connectivity index (χ4v) is 2.88. The summed E-state index contributed by atoms with van der Waals surface area (Å²) in [5.41, 5.74) is 5.10. The van der Waals surface area contributed by atoms with Gasteiger partial charge in [-0.2, -0.15) is 9.78 Å². The first-order valence-electron chi connectivity index (χ1n) is 7.58. The number of hydrogen-bond donors (Lipinski definition) is 0. The lowest BCUT2D eigenvalue weighted by molar-refractivity contribution is 0.770. The summed E-state index contributed by atoms with van der Waals surface area (Å²) in [6.07, 6.45) is 1.74. The molecule has 0 radical (unpaired) electrons. The Kier molecular flexibility index (Phi) is 3.82. The van der Waals surface area contributed by atoms with E-state index in [-0.39, 0.29) is 5.56 Å². The van der Waals surface area contributed by atoms with Crippen LogP contribution in [0.3, 0.4) is 0 Å². The maximum absolute atomic E-state index is 12.6. The molecule has 0 aliphatic rings. The van der Waals surface area contributed by atoms with E-state index in [0.29, 0.717) is 16.7 Å². The Bertz CT molecular complexity index is 961. The van der Waals surface area contributed by atoms with Crippen LogP contribution in [0.2, 0.25) is 0 Å². The number of aromatic nitrogens is 2. The fourth-order valence-electron chi connectivity index (χ4n) is 2.88. The topological polar surface area (TPSA) is 47.2 Å².